The molecule has 8 aromatic rings. The van der Waals surface area contributed by atoms with Crippen LogP contribution in [0.25, 0.3) is 12.2 Å². The van der Waals surface area contributed by atoms with Crippen LogP contribution in [0.5, 0.6) is 47.0 Å². The molecule has 4 N–H and O–H groups in total. The summed E-state index contributed by atoms with van der Waals surface area (Å²) in [4.78, 5) is 24.5. The number of hydrogen-bond donors (Lipinski definition) is 4. The van der Waals surface area contributed by atoms with Crippen LogP contribution in [-0.2, 0) is 20.2 Å². The summed E-state index contributed by atoms with van der Waals surface area (Å²) in [7, 11) is -9.78. The molecule has 18 nitrogen and oxygen atoms in total. The first kappa shape index (κ1) is 49.1. The Morgan fingerprint density at radius 1 is 0.394 bits per heavy atom. The van der Waals surface area contributed by atoms with Crippen LogP contribution in [0.2, 0.25) is 0 Å². The molecule has 2 aromatic heterocycles. The Hall–Kier alpha value is -6.30. The molecule has 0 fully saturated rings. The molecule has 6 aromatic carbocycles. The number of rotatable bonds is 16. The fourth-order valence-corrected chi connectivity index (χ4v) is 7.15. The van der Waals surface area contributed by atoms with Gasteiger partial charge < -0.3 is 29.6 Å². The van der Waals surface area contributed by atoms with Crippen molar-refractivity contribution in [3.8, 4) is 47.0 Å². The van der Waals surface area contributed by atoms with Gasteiger partial charge in [0.2, 0.25) is 11.9 Å². The molecule has 2 radical (unpaired) electrons. The summed E-state index contributed by atoms with van der Waals surface area (Å²) in [5.41, 5.74) is 0.148. The molecular weight excluding hydrogens is 911 g/mol. The number of anilines is 4. The molecule has 0 saturated carbocycles. The quantitative estimate of drug-likeness (QED) is 0.0402. The first-order chi connectivity index (χ1) is 30.9. The van der Waals surface area contributed by atoms with Gasteiger partial charge in [0, 0.05) is 70.5 Å². The summed E-state index contributed by atoms with van der Waals surface area (Å²) in [6, 6.07) is 42.1. The van der Waals surface area contributed by atoms with Gasteiger partial charge in [-0.1, -0.05) is 97.1 Å². The van der Waals surface area contributed by atoms with Gasteiger partial charge in [-0.15, -0.1) is 9.97 Å². The van der Waals surface area contributed by atoms with Crippen molar-refractivity contribution in [2.24, 2.45) is 0 Å². The minimum Gasteiger partial charge on any atom is -0.424 e. The summed E-state index contributed by atoms with van der Waals surface area (Å²) in [6.07, 6.45) is 2.49. The van der Waals surface area contributed by atoms with E-state index in [4.69, 9.17) is 18.9 Å². The molecule has 0 aliphatic rings. The monoisotopic (exact) mass is 942 g/mol. The first-order valence-electron chi connectivity index (χ1n) is 18.8. The summed E-state index contributed by atoms with van der Waals surface area (Å²) in [5, 5.41) is 5.77. The molecule has 0 amide bonds. The van der Waals surface area contributed by atoms with Gasteiger partial charge in [-0.3, -0.25) is 9.11 Å². The number of nitrogens with one attached hydrogen (secondary N) is 2. The van der Waals surface area contributed by atoms with Gasteiger partial charge in [-0.2, -0.15) is 36.8 Å². The molecular formula is C44H32N8Na2O10S2. The number of nitrogens with zero attached hydrogens (tertiary/aromatic N) is 6. The van der Waals surface area contributed by atoms with Crippen molar-refractivity contribution in [3.05, 3.63) is 169 Å². The number of aromatic nitrogens is 6. The van der Waals surface area contributed by atoms with Crippen LogP contribution in [0.4, 0.5) is 23.3 Å². The van der Waals surface area contributed by atoms with Crippen molar-refractivity contribution in [1.82, 2.24) is 29.9 Å². The maximum Gasteiger partial charge on any atom is 0.330 e. The fourth-order valence-electron chi connectivity index (χ4n) is 5.73. The molecule has 66 heavy (non-hydrogen) atoms. The van der Waals surface area contributed by atoms with Gasteiger partial charge in [0.05, 0.1) is 0 Å². The van der Waals surface area contributed by atoms with Crippen LogP contribution in [0.3, 0.4) is 0 Å². The van der Waals surface area contributed by atoms with Crippen molar-refractivity contribution in [2.75, 3.05) is 10.6 Å². The molecule has 0 aliphatic carbocycles. The molecule has 2 heterocycles. The average Bonchev–Trinajstić information content (AvgIpc) is 3.27. The van der Waals surface area contributed by atoms with E-state index >= 15 is 0 Å². The van der Waals surface area contributed by atoms with E-state index in [1.165, 1.54) is 36.4 Å². The minimum absolute atomic E-state index is 0. The van der Waals surface area contributed by atoms with Crippen LogP contribution in [0, 0.1) is 0 Å². The second-order valence-electron chi connectivity index (χ2n) is 13.1. The Balaban J connectivity index is 0.00000360. The zero-order valence-electron chi connectivity index (χ0n) is 34.8. The zero-order chi connectivity index (χ0) is 44.5. The van der Waals surface area contributed by atoms with E-state index in [-0.39, 0.29) is 118 Å². The Morgan fingerprint density at radius 3 is 0.924 bits per heavy atom. The molecule has 22 heteroatoms. The second-order valence-corrected chi connectivity index (χ2v) is 15.9. The van der Waals surface area contributed by atoms with E-state index < -0.39 is 30.0 Å². The van der Waals surface area contributed by atoms with Crippen molar-refractivity contribution in [2.45, 2.75) is 9.79 Å². The first-order valence-corrected chi connectivity index (χ1v) is 21.7. The van der Waals surface area contributed by atoms with Crippen molar-refractivity contribution in [1.29, 1.82) is 0 Å². The van der Waals surface area contributed by atoms with Crippen LogP contribution >= 0.6 is 0 Å². The topological polar surface area (TPSA) is 247 Å². The Labute approximate surface area is 422 Å². The molecule has 322 valence electrons. The van der Waals surface area contributed by atoms with Gasteiger partial charge in [-0.05, 0) is 83.9 Å². The minimum atomic E-state index is -4.89. The Bertz CT molecular complexity index is 2850. The van der Waals surface area contributed by atoms with Gasteiger partial charge in [-0.25, -0.2) is 0 Å². The van der Waals surface area contributed by atoms with Crippen molar-refractivity contribution < 1.29 is 44.9 Å². The second kappa shape index (κ2) is 22.3. The normalized spacial score (nSPS) is 11.1. The zero-order valence-corrected chi connectivity index (χ0v) is 40.5. The Morgan fingerprint density at radius 2 is 0.667 bits per heavy atom. The number of para-hydroxylation sites is 4. The van der Waals surface area contributed by atoms with E-state index in [9.17, 15) is 25.9 Å². The van der Waals surface area contributed by atoms with E-state index in [0.717, 1.165) is 12.1 Å². The molecule has 0 spiro atoms. The third kappa shape index (κ3) is 13.6. The standard InChI is InChI=1S/C44H32N8O10S2.2Na/c53-63(54,55)37-27-31(45-39-47-41(59-33-13-5-1-6-14-33)51-42(48-39)60-34-15-7-2-8-16-34)25-23-29(37)21-22-30-24-26-32(28-38(30)64(56,57)58)46-40-49-43(61-35-17-9-3-10-18-35)52-44(50-40)62-36-19-11-4-12-20-36;;/h1-28H,(H,53,54,55)(H,56,57,58)(H,45,47,48,51)(H,46,49,50,52);;. The van der Waals surface area contributed by atoms with Crippen LogP contribution < -0.4 is 29.6 Å². The van der Waals surface area contributed by atoms with Crippen LogP contribution in [-0.4, -0.2) is 115 Å². The van der Waals surface area contributed by atoms with Crippen LogP contribution in [0.15, 0.2) is 168 Å². The third-order valence-corrected chi connectivity index (χ3v) is 10.4. The number of hydrogen-bond acceptors (Lipinski definition) is 16. The summed E-state index contributed by atoms with van der Waals surface area (Å²) < 4.78 is 94.7. The van der Waals surface area contributed by atoms with Crippen molar-refractivity contribution in [3.63, 3.8) is 0 Å². The maximum atomic E-state index is 12.7. The molecule has 0 saturated heterocycles. The predicted molar refractivity (Wildman–Crippen MR) is 245 cm³/mol. The Kier molecular flexibility index (Phi) is 16.6. The molecule has 0 bridgehead atoms. The molecule has 0 atom stereocenters. The third-order valence-electron chi connectivity index (χ3n) is 8.54. The molecule has 0 unspecified atom stereocenters. The SMILES string of the molecule is O=S(=O)(O)c1cc(Nc2nc(Oc3ccccc3)nc(Oc3ccccc3)n2)ccc1C=Cc1ccc(Nc2nc(Oc3ccccc3)nc(Oc3ccccc3)n2)cc1S(=O)(=O)O.[Na].[Na]. The smallest absolute Gasteiger partial charge is 0.330 e. The largest absolute Gasteiger partial charge is 0.424 e. The van der Waals surface area contributed by atoms with E-state index in [0.29, 0.717) is 23.0 Å². The molecule has 8 rings (SSSR count). The van der Waals surface area contributed by atoms with E-state index in [1.54, 1.807) is 97.1 Å². The maximum absolute atomic E-state index is 12.7. The molecule has 0 aliphatic heterocycles. The predicted octanol–water partition coefficient (Wildman–Crippen LogP) is 8.62. The van der Waals surface area contributed by atoms with E-state index in [2.05, 4.69) is 40.5 Å². The number of ether oxygens (including phenoxy) is 4. The summed E-state index contributed by atoms with van der Waals surface area (Å²) in [6.45, 7) is 0. The van der Waals surface area contributed by atoms with E-state index in [1.807, 2.05) is 24.3 Å². The fraction of sp³-hybridized carbons (Fsp3) is 0. The summed E-state index contributed by atoms with van der Waals surface area (Å²) >= 11 is 0. The van der Waals surface area contributed by atoms with Gasteiger partial charge >= 0.3 is 24.0 Å². The summed E-state index contributed by atoms with van der Waals surface area (Å²) in [5.74, 6) is 1.50. The van der Waals surface area contributed by atoms with Crippen LogP contribution in [0.1, 0.15) is 11.1 Å². The number of benzene rings is 6. The average molecular weight is 943 g/mol. The van der Waals surface area contributed by atoms with Gasteiger partial charge in [0.15, 0.2) is 0 Å². The van der Waals surface area contributed by atoms with Crippen molar-refractivity contribution >= 4 is 115 Å². The van der Waals surface area contributed by atoms with Gasteiger partial charge in [0.1, 0.15) is 32.8 Å². The van der Waals surface area contributed by atoms with Gasteiger partial charge in [0.25, 0.3) is 20.2 Å².